The quantitative estimate of drug-likeness (QED) is 0.579. The molecule has 0 unspecified atom stereocenters. The highest BCUT2D eigenvalue weighted by Gasteiger charge is 2.19. The van der Waals surface area contributed by atoms with Gasteiger partial charge in [-0.05, 0) is 37.3 Å². The van der Waals surface area contributed by atoms with E-state index in [-0.39, 0.29) is 29.1 Å². The Balaban J connectivity index is 1.68. The molecule has 0 aliphatic carbocycles. The van der Waals surface area contributed by atoms with Crippen LogP contribution in [0, 0.1) is 6.92 Å². The summed E-state index contributed by atoms with van der Waals surface area (Å²) in [4.78, 5) is 25.1. The van der Waals surface area contributed by atoms with Crippen molar-refractivity contribution < 1.29 is 13.2 Å². The van der Waals surface area contributed by atoms with Gasteiger partial charge in [0.15, 0.2) is 0 Å². The van der Waals surface area contributed by atoms with Crippen molar-refractivity contribution in [1.82, 2.24) is 14.1 Å². The molecule has 3 rings (SSSR count). The lowest BCUT2D eigenvalue weighted by molar-refractivity contribution is -0.116. The van der Waals surface area contributed by atoms with E-state index < -0.39 is 15.9 Å². The molecule has 30 heavy (non-hydrogen) atoms. The number of benzene rings is 2. The maximum Gasteiger partial charge on any atom is 0.295 e. The summed E-state index contributed by atoms with van der Waals surface area (Å²) in [6, 6.07) is 14.9. The average Bonchev–Trinajstić information content (AvgIpc) is 2.92. The Morgan fingerprint density at radius 2 is 1.80 bits per heavy atom. The number of carbonyl (C=O) groups excluding carboxylic acids is 1. The number of para-hydroxylation sites is 1. The van der Waals surface area contributed by atoms with Crippen molar-refractivity contribution in [3.63, 3.8) is 0 Å². The molecule has 1 aromatic heterocycles. The topological polar surface area (TPSA) is 102 Å². The zero-order chi connectivity index (χ0) is 21.9. The van der Waals surface area contributed by atoms with Crippen LogP contribution in [0.4, 0.5) is 5.69 Å². The Morgan fingerprint density at radius 3 is 2.47 bits per heavy atom. The molecular weight excluding hydrogens is 428 g/mol. The highest BCUT2D eigenvalue weighted by Crippen LogP contribution is 2.16. The molecule has 10 heteroatoms. The van der Waals surface area contributed by atoms with Crippen LogP contribution in [0.5, 0.6) is 0 Å². The first-order valence-corrected chi connectivity index (χ1v) is 11.0. The fourth-order valence-electron chi connectivity index (χ4n) is 2.93. The van der Waals surface area contributed by atoms with Crippen molar-refractivity contribution in [2.45, 2.75) is 18.2 Å². The molecule has 8 nitrogen and oxygen atoms in total. The third kappa shape index (κ3) is 4.64. The molecule has 0 saturated carbocycles. The minimum absolute atomic E-state index is 0.0139. The van der Waals surface area contributed by atoms with Crippen LogP contribution in [0.15, 0.2) is 64.3 Å². The van der Waals surface area contributed by atoms with Gasteiger partial charge in [-0.15, -0.1) is 0 Å². The van der Waals surface area contributed by atoms with Crippen LogP contribution in [0.3, 0.4) is 0 Å². The standard InChI is InChI=1S/C20H21ClN4O4S/c1-14-19(20(27)25(24(14)2)16-8-4-3-5-9-16)23-18(26)11-12-22-30(28,29)17-10-6-7-15(21)13-17/h3-10,13,22H,11-12H2,1-2H3,(H,23,26). The van der Waals surface area contributed by atoms with E-state index in [2.05, 4.69) is 10.0 Å². The molecule has 158 valence electrons. The monoisotopic (exact) mass is 448 g/mol. The number of rotatable bonds is 7. The van der Waals surface area contributed by atoms with E-state index in [0.29, 0.717) is 16.4 Å². The van der Waals surface area contributed by atoms with Crippen LogP contribution < -0.4 is 15.6 Å². The molecule has 0 radical (unpaired) electrons. The first-order chi connectivity index (χ1) is 14.2. The SMILES string of the molecule is Cc1c(NC(=O)CCNS(=O)(=O)c2cccc(Cl)c2)c(=O)n(-c2ccccc2)n1C. The van der Waals surface area contributed by atoms with Gasteiger partial charge in [-0.1, -0.05) is 35.9 Å². The molecule has 3 aromatic rings. The summed E-state index contributed by atoms with van der Waals surface area (Å²) >= 11 is 5.82. The molecule has 0 spiro atoms. The van der Waals surface area contributed by atoms with Crippen molar-refractivity contribution >= 4 is 33.2 Å². The first-order valence-electron chi connectivity index (χ1n) is 9.10. The number of carbonyl (C=O) groups is 1. The van der Waals surface area contributed by atoms with Crippen molar-refractivity contribution in [1.29, 1.82) is 0 Å². The summed E-state index contributed by atoms with van der Waals surface area (Å²) in [6.07, 6.45) is -0.140. The van der Waals surface area contributed by atoms with Gasteiger partial charge in [0, 0.05) is 25.0 Å². The van der Waals surface area contributed by atoms with E-state index >= 15 is 0 Å². The molecular formula is C20H21ClN4O4S. The fourth-order valence-corrected chi connectivity index (χ4v) is 4.26. The number of halogens is 1. The van der Waals surface area contributed by atoms with Crippen LogP contribution in [-0.4, -0.2) is 30.2 Å². The zero-order valence-corrected chi connectivity index (χ0v) is 18.0. The summed E-state index contributed by atoms with van der Waals surface area (Å²) in [5.41, 5.74) is 1.04. The first kappa shape index (κ1) is 21.8. The van der Waals surface area contributed by atoms with E-state index in [1.54, 1.807) is 36.9 Å². The fraction of sp³-hybridized carbons (Fsp3) is 0.200. The van der Waals surface area contributed by atoms with Crippen molar-refractivity contribution in [3.05, 3.63) is 75.7 Å². The lowest BCUT2D eigenvalue weighted by atomic mass is 10.3. The van der Waals surface area contributed by atoms with Crippen LogP contribution in [0.25, 0.3) is 5.69 Å². The van der Waals surface area contributed by atoms with Crippen LogP contribution in [-0.2, 0) is 21.9 Å². The maximum atomic E-state index is 12.8. The number of anilines is 1. The molecule has 0 aliphatic rings. The van der Waals surface area contributed by atoms with Gasteiger partial charge in [0.25, 0.3) is 5.56 Å². The number of hydrogen-bond acceptors (Lipinski definition) is 4. The van der Waals surface area contributed by atoms with Crippen LogP contribution in [0.1, 0.15) is 12.1 Å². The zero-order valence-electron chi connectivity index (χ0n) is 16.4. The predicted molar refractivity (Wildman–Crippen MR) is 116 cm³/mol. The van der Waals surface area contributed by atoms with Gasteiger partial charge < -0.3 is 5.32 Å². The normalized spacial score (nSPS) is 11.4. The molecule has 0 bridgehead atoms. The smallest absolute Gasteiger partial charge is 0.295 e. The molecule has 0 fully saturated rings. The second-order valence-electron chi connectivity index (χ2n) is 6.59. The summed E-state index contributed by atoms with van der Waals surface area (Å²) < 4.78 is 30.0. The third-order valence-electron chi connectivity index (χ3n) is 4.57. The predicted octanol–water partition coefficient (Wildman–Crippen LogP) is 2.44. The van der Waals surface area contributed by atoms with Gasteiger partial charge in [-0.2, -0.15) is 0 Å². The molecule has 0 atom stereocenters. The minimum atomic E-state index is -3.79. The Hall–Kier alpha value is -2.88. The summed E-state index contributed by atoms with van der Waals surface area (Å²) in [5.74, 6) is -0.477. The molecule has 2 aromatic carbocycles. The number of nitrogens with zero attached hydrogens (tertiary/aromatic N) is 2. The van der Waals surface area contributed by atoms with Crippen molar-refractivity contribution in [2.24, 2.45) is 7.05 Å². The van der Waals surface area contributed by atoms with Gasteiger partial charge >= 0.3 is 0 Å². The lowest BCUT2D eigenvalue weighted by Crippen LogP contribution is -2.29. The lowest BCUT2D eigenvalue weighted by Gasteiger charge is -2.08. The number of nitrogens with one attached hydrogen (secondary N) is 2. The Bertz CT molecular complexity index is 1230. The summed E-state index contributed by atoms with van der Waals surface area (Å²) in [6.45, 7) is 1.59. The van der Waals surface area contributed by atoms with Gasteiger partial charge in [0.05, 0.1) is 16.3 Å². The number of sulfonamides is 1. The molecule has 2 N–H and O–H groups in total. The Kier molecular flexibility index (Phi) is 6.45. The van der Waals surface area contributed by atoms with Crippen molar-refractivity contribution in [2.75, 3.05) is 11.9 Å². The van der Waals surface area contributed by atoms with E-state index in [9.17, 15) is 18.0 Å². The highest BCUT2D eigenvalue weighted by molar-refractivity contribution is 7.89. The molecule has 0 saturated heterocycles. The number of amides is 1. The molecule has 1 heterocycles. The molecule has 0 aliphatic heterocycles. The van der Waals surface area contributed by atoms with E-state index in [0.717, 1.165) is 0 Å². The van der Waals surface area contributed by atoms with Gasteiger partial charge in [0.2, 0.25) is 15.9 Å². The van der Waals surface area contributed by atoms with Crippen LogP contribution in [0.2, 0.25) is 5.02 Å². The van der Waals surface area contributed by atoms with Crippen LogP contribution >= 0.6 is 11.6 Å². The summed E-state index contributed by atoms with van der Waals surface area (Å²) in [7, 11) is -2.07. The Morgan fingerprint density at radius 1 is 1.10 bits per heavy atom. The maximum absolute atomic E-state index is 12.8. The van der Waals surface area contributed by atoms with Gasteiger partial charge in [0.1, 0.15) is 5.69 Å². The average molecular weight is 449 g/mol. The van der Waals surface area contributed by atoms with Gasteiger partial charge in [-0.3, -0.25) is 14.3 Å². The van der Waals surface area contributed by atoms with Gasteiger partial charge in [-0.25, -0.2) is 17.8 Å². The number of aromatic nitrogens is 2. The van der Waals surface area contributed by atoms with Crippen molar-refractivity contribution in [3.8, 4) is 5.69 Å². The van der Waals surface area contributed by atoms with E-state index in [4.69, 9.17) is 11.6 Å². The minimum Gasteiger partial charge on any atom is -0.320 e. The Labute approximate surface area is 179 Å². The number of hydrogen-bond donors (Lipinski definition) is 2. The summed E-state index contributed by atoms with van der Waals surface area (Å²) in [5, 5.41) is 2.89. The molecule has 1 amide bonds. The van der Waals surface area contributed by atoms with E-state index in [1.807, 2.05) is 18.2 Å². The largest absolute Gasteiger partial charge is 0.320 e. The second kappa shape index (κ2) is 8.86. The second-order valence-corrected chi connectivity index (χ2v) is 8.79. The third-order valence-corrected chi connectivity index (χ3v) is 6.26. The van der Waals surface area contributed by atoms with E-state index in [1.165, 1.54) is 22.9 Å². The highest BCUT2D eigenvalue weighted by atomic mass is 35.5.